The van der Waals surface area contributed by atoms with Crippen LogP contribution in [0.5, 0.6) is 5.75 Å². The van der Waals surface area contributed by atoms with Crippen molar-refractivity contribution in [3.05, 3.63) is 54.1 Å². The van der Waals surface area contributed by atoms with Crippen LogP contribution in [-0.4, -0.2) is 32.4 Å². The first-order valence-electron chi connectivity index (χ1n) is 11.5. The SMILES string of the molecule is COc1ccc([C@H](O)[P@](=O)(O[C@@H]2C[C@@H](C)CC[C@H]2C(C)C)c2ccc(N(C)C)cc2)cc1. The van der Waals surface area contributed by atoms with Crippen LogP contribution in [0.1, 0.15) is 51.4 Å². The van der Waals surface area contributed by atoms with Gasteiger partial charge < -0.3 is 19.3 Å². The average molecular weight is 460 g/mol. The summed E-state index contributed by atoms with van der Waals surface area (Å²) < 4.78 is 26.4. The van der Waals surface area contributed by atoms with E-state index >= 15 is 0 Å². The van der Waals surface area contributed by atoms with Crippen LogP contribution in [-0.2, 0) is 9.09 Å². The van der Waals surface area contributed by atoms with E-state index in [0.29, 0.717) is 34.4 Å². The van der Waals surface area contributed by atoms with Crippen LogP contribution >= 0.6 is 7.37 Å². The van der Waals surface area contributed by atoms with Crippen molar-refractivity contribution in [1.29, 1.82) is 0 Å². The molecule has 0 amide bonds. The van der Waals surface area contributed by atoms with Gasteiger partial charge in [0, 0.05) is 25.1 Å². The Labute approximate surface area is 193 Å². The zero-order chi connectivity index (χ0) is 23.5. The number of rotatable bonds is 8. The molecule has 5 atom stereocenters. The van der Waals surface area contributed by atoms with Crippen molar-refractivity contribution in [3.63, 3.8) is 0 Å². The molecule has 176 valence electrons. The summed E-state index contributed by atoms with van der Waals surface area (Å²) in [5.41, 5.74) is 1.57. The van der Waals surface area contributed by atoms with Crippen molar-refractivity contribution in [2.45, 2.75) is 52.0 Å². The highest BCUT2D eigenvalue weighted by Gasteiger charge is 2.42. The largest absolute Gasteiger partial charge is 0.497 e. The second-order valence-electron chi connectivity index (χ2n) is 9.62. The van der Waals surface area contributed by atoms with E-state index in [1.807, 2.05) is 43.3 Å². The molecule has 6 heteroatoms. The lowest BCUT2D eigenvalue weighted by molar-refractivity contribution is 0.0427. The molecule has 1 aliphatic rings. The molecule has 1 N–H and O–H groups in total. The van der Waals surface area contributed by atoms with Gasteiger partial charge in [0.25, 0.3) is 7.37 Å². The smallest absolute Gasteiger partial charge is 0.264 e. The molecule has 0 heterocycles. The van der Waals surface area contributed by atoms with Crippen molar-refractivity contribution in [1.82, 2.24) is 0 Å². The van der Waals surface area contributed by atoms with E-state index < -0.39 is 13.2 Å². The predicted octanol–water partition coefficient (Wildman–Crippen LogP) is 5.83. The van der Waals surface area contributed by atoms with Gasteiger partial charge in [-0.2, -0.15) is 0 Å². The highest BCUT2D eigenvalue weighted by Crippen LogP contribution is 2.60. The minimum atomic E-state index is -3.63. The zero-order valence-electron chi connectivity index (χ0n) is 20.2. The van der Waals surface area contributed by atoms with Gasteiger partial charge in [0.15, 0.2) is 5.85 Å². The number of benzene rings is 2. The summed E-state index contributed by atoms with van der Waals surface area (Å²) in [4.78, 5) is 1.99. The lowest BCUT2D eigenvalue weighted by atomic mass is 9.75. The Balaban J connectivity index is 2.02. The Bertz CT molecular complexity index is 910. The number of ether oxygens (including phenoxy) is 1. The van der Waals surface area contributed by atoms with E-state index in [2.05, 4.69) is 20.8 Å². The Morgan fingerprint density at radius 2 is 1.66 bits per heavy atom. The Hall–Kier alpha value is -1.81. The molecular formula is C26H38NO4P. The van der Waals surface area contributed by atoms with Gasteiger partial charge in [-0.3, -0.25) is 4.57 Å². The van der Waals surface area contributed by atoms with Gasteiger partial charge in [0.2, 0.25) is 0 Å². The first kappa shape index (κ1) is 24.8. The summed E-state index contributed by atoms with van der Waals surface area (Å²) in [6.45, 7) is 6.63. The van der Waals surface area contributed by atoms with Gasteiger partial charge >= 0.3 is 0 Å². The standard InChI is InChI=1S/C26H38NO4P/c1-18(2)24-16-7-19(3)17-25(24)31-32(29,23-14-10-21(11-15-23)27(4)5)26(28)20-8-12-22(30-6)13-9-20/h8-15,18-19,24-26,28H,7,16-17H2,1-6H3/t19-,24-,25+,26+,32+/m0/s1. The van der Waals surface area contributed by atoms with Crippen molar-refractivity contribution >= 4 is 18.4 Å². The second kappa shape index (κ2) is 10.4. The van der Waals surface area contributed by atoms with E-state index in [1.54, 1.807) is 31.4 Å². The molecule has 0 bridgehead atoms. The van der Waals surface area contributed by atoms with Gasteiger partial charge in [0.1, 0.15) is 5.75 Å². The van der Waals surface area contributed by atoms with E-state index in [4.69, 9.17) is 9.26 Å². The Kier molecular flexibility index (Phi) is 8.08. The lowest BCUT2D eigenvalue weighted by Gasteiger charge is -2.40. The number of aliphatic hydroxyl groups excluding tert-OH is 1. The molecule has 32 heavy (non-hydrogen) atoms. The summed E-state index contributed by atoms with van der Waals surface area (Å²) in [6, 6.07) is 14.6. The molecule has 0 saturated heterocycles. The van der Waals surface area contributed by atoms with Crippen molar-refractivity contribution in [2.24, 2.45) is 17.8 Å². The topological polar surface area (TPSA) is 59.0 Å². The average Bonchev–Trinajstić information content (AvgIpc) is 2.78. The first-order valence-corrected chi connectivity index (χ1v) is 13.2. The minimum Gasteiger partial charge on any atom is -0.497 e. The van der Waals surface area contributed by atoms with Gasteiger partial charge in [-0.25, -0.2) is 0 Å². The third kappa shape index (κ3) is 5.39. The summed E-state index contributed by atoms with van der Waals surface area (Å²) >= 11 is 0. The van der Waals surface area contributed by atoms with Crippen molar-refractivity contribution in [2.75, 3.05) is 26.1 Å². The fourth-order valence-corrected chi connectivity index (χ4v) is 6.92. The van der Waals surface area contributed by atoms with Crippen LogP contribution in [0.3, 0.4) is 0 Å². The summed E-state index contributed by atoms with van der Waals surface area (Å²) in [7, 11) is 1.90. The molecule has 2 aromatic carbocycles. The minimum absolute atomic E-state index is 0.147. The maximum atomic E-state index is 14.6. The number of anilines is 1. The fourth-order valence-electron chi connectivity index (χ4n) is 4.63. The number of hydrogen-bond donors (Lipinski definition) is 1. The fraction of sp³-hybridized carbons (Fsp3) is 0.538. The Morgan fingerprint density at radius 1 is 1.03 bits per heavy atom. The molecule has 1 saturated carbocycles. The Morgan fingerprint density at radius 3 is 2.19 bits per heavy atom. The number of nitrogens with zero attached hydrogens (tertiary/aromatic N) is 1. The maximum absolute atomic E-state index is 14.6. The molecule has 0 aliphatic heterocycles. The molecule has 1 fully saturated rings. The molecule has 1 aliphatic carbocycles. The number of methoxy groups -OCH3 is 1. The van der Waals surface area contributed by atoms with E-state index in [9.17, 15) is 9.67 Å². The summed E-state index contributed by atoms with van der Waals surface area (Å²) in [5, 5.41) is 12.0. The summed E-state index contributed by atoms with van der Waals surface area (Å²) in [6.07, 6.45) is 2.93. The van der Waals surface area contributed by atoms with Crippen molar-refractivity contribution in [3.8, 4) is 5.75 Å². The summed E-state index contributed by atoms with van der Waals surface area (Å²) in [5.74, 6) is 0.702. The lowest BCUT2D eigenvalue weighted by Crippen LogP contribution is -2.35. The molecule has 5 nitrogen and oxygen atoms in total. The molecular weight excluding hydrogens is 421 g/mol. The van der Waals surface area contributed by atoms with Crippen LogP contribution in [0, 0.1) is 17.8 Å². The van der Waals surface area contributed by atoms with E-state index in [-0.39, 0.29) is 6.10 Å². The quantitative estimate of drug-likeness (QED) is 0.503. The zero-order valence-corrected chi connectivity index (χ0v) is 21.1. The third-order valence-electron chi connectivity index (χ3n) is 6.72. The molecule has 3 rings (SSSR count). The van der Waals surface area contributed by atoms with E-state index in [0.717, 1.165) is 24.9 Å². The highest BCUT2D eigenvalue weighted by molar-refractivity contribution is 7.67. The maximum Gasteiger partial charge on any atom is 0.264 e. The molecule has 0 radical (unpaired) electrons. The van der Waals surface area contributed by atoms with Gasteiger partial charge in [-0.05, 0) is 72.6 Å². The van der Waals surface area contributed by atoms with Gasteiger partial charge in [-0.1, -0.05) is 39.3 Å². The third-order valence-corrected chi connectivity index (χ3v) is 9.26. The van der Waals surface area contributed by atoms with Crippen LogP contribution in [0.2, 0.25) is 0 Å². The molecule has 2 aromatic rings. The van der Waals surface area contributed by atoms with Crippen LogP contribution in [0.4, 0.5) is 5.69 Å². The van der Waals surface area contributed by atoms with Crippen LogP contribution in [0.25, 0.3) is 0 Å². The number of aliphatic hydroxyl groups is 1. The van der Waals surface area contributed by atoms with Crippen LogP contribution < -0.4 is 14.9 Å². The van der Waals surface area contributed by atoms with Crippen molar-refractivity contribution < 1.29 is 18.9 Å². The monoisotopic (exact) mass is 459 g/mol. The van der Waals surface area contributed by atoms with Gasteiger partial charge in [-0.15, -0.1) is 0 Å². The second-order valence-corrected chi connectivity index (χ2v) is 12.0. The molecule has 0 aromatic heterocycles. The first-order chi connectivity index (χ1) is 15.2. The molecule has 0 spiro atoms. The van der Waals surface area contributed by atoms with Crippen LogP contribution in [0.15, 0.2) is 48.5 Å². The normalized spacial score (nSPS) is 24.1. The number of hydrogen-bond acceptors (Lipinski definition) is 5. The van der Waals surface area contributed by atoms with E-state index in [1.165, 1.54) is 0 Å². The van der Waals surface area contributed by atoms with Gasteiger partial charge in [0.05, 0.1) is 13.2 Å². The molecule has 0 unspecified atom stereocenters. The predicted molar refractivity (Wildman–Crippen MR) is 132 cm³/mol. The highest BCUT2D eigenvalue weighted by atomic mass is 31.2.